The Balaban J connectivity index is 2.30. The SMILES string of the molecule is CC(C)NC(=O)[C@@H](C)N(Cc1cccc(Cl)c1)C(=O)Cc1c(Cl)cccc1Cl. The lowest BCUT2D eigenvalue weighted by Crippen LogP contribution is -2.49. The van der Waals surface area contributed by atoms with Gasteiger partial charge in [0.15, 0.2) is 0 Å². The van der Waals surface area contributed by atoms with Gasteiger partial charge in [-0.15, -0.1) is 0 Å². The molecule has 0 saturated carbocycles. The van der Waals surface area contributed by atoms with Crippen LogP contribution in [-0.2, 0) is 22.6 Å². The molecule has 150 valence electrons. The third kappa shape index (κ3) is 6.13. The van der Waals surface area contributed by atoms with Crippen LogP contribution in [0.15, 0.2) is 42.5 Å². The number of carbonyl (C=O) groups is 2. The van der Waals surface area contributed by atoms with Gasteiger partial charge in [-0.25, -0.2) is 0 Å². The molecule has 1 atom stereocenters. The van der Waals surface area contributed by atoms with Gasteiger partial charge in [0, 0.05) is 27.7 Å². The van der Waals surface area contributed by atoms with E-state index in [0.717, 1.165) is 5.56 Å². The Labute approximate surface area is 180 Å². The molecule has 2 rings (SSSR count). The Morgan fingerprint density at radius 2 is 1.61 bits per heavy atom. The van der Waals surface area contributed by atoms with E-state index in [1.807, 2.05) is 26.0 Å². The van der Waals surface area contributed by atoms with Gasteiger partial charge in [-0.05, 0) is 56.2 Å². The Morgan fingerprint density at radius 1 is 1.00 bits per heavy atom. The second kappa shape index (κ2) is 10.1. The molecule has 0 radical (unpaired) electrons. The number of nitrogens with zero attached hydrogens (tertiary/aromatic N) is 1. The topological polar surface area (TPSA) is 49.4 Å². The molecule has 7 heteroatoms. The summed E-state index contributed by atoms with van der Waals surface area (Å²) in [5, 5.41) is 4.26. The maximum absolute atomic E-state index is 13.1. The molecule has 0 spiro atoms. The van der Waals surface area contributed by atoms with Crippen LogP contribution in [0.3, 0.4) is 0 Å². The van der Waals surface area contributed by atoms with Crippen molar-refractivity contribution >= 4 is 46.6 Å². The van der Waals surface area contributed by atoms with Crippen molar-refractivity contribution in [3.05, 3.63) is 68.7 Å². The van der Waals surface area contributed by atoms with Gasteiger partial charge in [-0.1, -0.05) is 53.0 Å². The molecule has 28 heavy (non-hydrogen) atoms. The zero-order valence-corrected chi connectivity index (χ0v) is 18.3. The van der Waals surface area contributed by atoms with Crippen molar-refractivity contribution in [1.29, 1.82) is 0 Å². The number of hydrogen-bond donors (Lipinski definition) is 1. The number of amides is 2. The van der Waals surface area contributed by atoms with Crippen molar-refractivity contribution in [3.63, 3.8) is 0 Å². The Morgan fingerprint density at radius 3 is 2.18 bits per heavy atom. The molecule has 0 unspecified atom stereocenters. The second-order valence-electron chi connectivity index (χ2n) is 6.87. The first-order valence-electron chi connectivity index (χ1n) is 8.96. The summed E-state index contributed by atoms with van der Waals surface area (Å²) in [6.07, 6.45) is -0.00162. The lowest BCUT2D eigenvalue weighted by molar-refractivity contribution is -0.140. The molecule has 0 bridgehead atoms. The third-order valence-electron chi connectivity index (χ3n) is 4.23. The number of nitrogens with one attached hydrogen (secondary N) is 1. The van der Waals surface area contributed by atoms with Gasteiger partial charge >= 0.3 is 0 Å². The molecule has 0 aromatic heterocycles. The summed E-state index contributed by atoms with van der Waals surface area (Å²) >= 11 is 18.5. The quantitative estimate of drug-likeness (QED) is 0.647. The Hall–Kier alpha value is -1.75. The normalized spacial score (nSPS) is 12.0. The van der Waals surface area contributed by atoms with Crippen molar-refractivity contribution < 1.29 is 9.59 Å². The van der Waals surface area contributed by atoms with E-state index in [1.165, 1.54) is 4.90 Å². The Kier molecular flexibility index (Phi) is 8.17. The maximum Gasteiger partial charge on any atom is 0.242 e. The first kappa shape index (κ1) is 22.5. The van der Waals surface area contributed by atoms with E-state index in [1.54, 1.807) is 37.3 Å². The molecule has 0 aliphatic carbocycles. The van der Waals surface area contributed by atoms with Gasteiger partial charge in [0.05, 0.1) is 6.42 Å². The fourth-order valence-electron chi connectivity index (χ4n) is 2.77. The number of benzene rings is 2. The van der Waals surface area contributed by atoms with Crippen LogP contribution in [0.1, 0.15) is 31.9 Å². The minimum atomic E-state index is -0.671. The molecule has 1 N–H and O–H groups in total. The molecule has 4 nitrogen and oxygen atoms in total. The van der Waals surface area contributed by atoms with E-state index in [2.05, 4.69) is 5.32 Å². The molecular weight excluding hydrogens is 419 g/mol. The molecule has 2 amide bonds. The fraction of sp³-hybridized carbons (Fsp3) is 0.333. The van der Waals surface area contributed by atoms with E-state index < -0.39 is 6.04 Å². The van der Waals surface area contributed by atoms with Crippen LogP contribution >= 0.6 is 34.8 Å². The Bertz CT molecular complexity index is 835. The minimum absolute atomic E-state index is 0.00162. The lowest BCUT2D eigenvalue weighted by atomic mass is 10.1. The maximum atomic E-state index is 13.1. The minimum Gasteiger partial charge on any atom is -0.352 e. The summed E-state index contributed by atoms with van der Waals surface area (Å²) in [7, 11) is 0. The highest BCUT2D eigenvalue weighted by Gasteiger charge is 2.27. The van der Waals surface area contributed by atoms with Crippen LogP contribution in [0, 0.1) is 0 Å². The molecule has 0 saturated heterocycles. The van der Waals surface area contributed by atoms with Gasteiger partial charge in [0.25, 0.3) is 0 Å². The van der Waals surface area contributed by atoms with Crippen molar-refractivity contribution in [2.75, 3.05) is 0 Å². The summed E-state index contributed by atoms with van der Waals surface area (Å²) in [6, 6.07) is 11.6. The van der Waals surface area contributed by atoms with Crippen LogP contribution in [-0.4, -0.2) is 28.8 Å². The smallest absolute Gasteiger partial charge is 0.242 e. The van der Waals surface area contributed by atoms with Crippen molar-refractivity contribution in [2.45, 2.75) is 45.8 Å². The van der Waals surface area contributed by atoms with E-state index in [0.29, 0.717) is 20.6 Å². The highest BCUT2D eigenvalue weighted by Crippen LogP contribution is 2.26. The molecule has 0 fully saturated rings. The van der Waals surface area contributed by atoms with Gasteiger partial charge in [0.1, 0.15) is 6.04 Å². The molecular formula is C21H23Cl3N2O2. The van der Waals surface area contributed by atoms with Crippen molar-refractivity contribution in [1.82, 2.24) is 10.2 Å². The summed E-state index contributed by atoms with van der Waals surface area (Å²) in [4.78, 5) is 27.2. The third-order valence-corrected chi connectivity index (χ3v) is 5.17. The van der Waals surface area contributed by atoms with E-state index >= 15 is 0 Å². The van der Waals surface area contributed by atoms with Gasteiger partial charge < -0.3 is 10.2 Å². The monoisotopic (exact) mass is 440 g/mol. The number of rotatable bonds is 7. The largest absolute Gasteiger partial charge is 0.352 e. The summed E-state index contributed by atoms with van der Waals surface area (Å²) in [5.41, 5.74) is 1.37. The van der Waals surface area contributed by atoms with Crippen LogP contribution in [0.4, 0.5) is 0 Å². The van der Waals surface area contributed by atoms with E-state index in [9.17, 15) is 9.59 Å². The predicted molar refractivity (Wildman–Crippen MR) is 115 cm³/mol. The average Bonchev–Trinajstić information content (AvgIpc) is 2.61. The summed E-state index contributed by atoms with van der Waals surface area (Å²) in [6.45, 7) is 5.69. The van der Waals surface area contributed by atoms with Crippen LogP contribution in [0.2, 0.25) is 15.1 Å². The zero-order chi connectivity index (χ0) is 20.8. The summed E-state index contributed by atoms with van der Waals surface area (Å²) in [5.74, 6) is -0.475. The number of hydrogen-bond acceptors (Lipinski definition) is 2. The number of carbonyl (C=O) groups excluding carboxylic acids is 2. The molecule has 0 aliphatic heterocycles. The lowest BCUT2D eigenvalue weighted by Gasteiger charge is -2.29. The van der Waals surface area contributed by atoms with Crippen LogP contribution < -0.4 is 5.32 Å². The molecule has 0 heterocycles. The number of halogens is 3. The average molecular weight is 442 g/mol. The first-order valence-corrected chi connectivity index (χ1v) is 10.1. The molecule has 2 aromatic rings. The molecule has 2 aromatic carbocycles. The first-order chi connectivity index (χ1) is 13.2. The zero-order valence-electron chi connectivity index (χ0n) is 16.0. The van der Waals surface area contributed by atoms with E-state index in [4.69, 9.17) is 34.8 Å². The molecule has 0 aliphatic rings. The van der Waals surface area contributed by atoms with Gasteiger partial charge in [-0.3, -0.25) is 9.59 Å². The summed E-state index contributed by atoms with van der Waals surface area (Å²) < 4.78 is 0. The van der Waals surface area contributed by atoms with Gasteiger partial charge in [0.2, 0.25) is 11.8 Å². The fourth-order valence-corrected chi connectivity index (χ4v) is 3.52. The van der Waals surface area contributed by atoms with Crippen molar-refractivity contribution in [2.24, 2.45) is 0 Å². The van der Waals surface area contributed by atoms with E-state index in [-0.39, 0.29) is 30.8 Å². The highest BCUT2D eigenvalue weighted by atomic mass is 35.5. The second-order valence-corrected chi connectivity index (χ2v) is 8.12. The van der Waals surface area contributed by atoms with Crippen LogP contribution in [0.5, 0.6) is 0 Å². The van der Waals surface area contributed by atoms with Crippen molar-refractivity contribution in [3.8, 4) is 0 Å². The van der Waals surface area contributed by atoms with Gasteiger partial charge in [-0.2, -0.15) is 0 Å². The highest BCUT2D eigenvalue weighted by molar-refractivity contribution is 6.36. The predicted octanol–water partition coefficient (Wildman–Crippen LogP) is 5.13. The standard InChI is InChI=1S/C21H23Cl3N2O2/c1-13(2)25-21(28)14(3)26(12-15-6-4-7-16(22)10-15)20(27)11-17-18(23)8-5-9-19(17)24/h4-10,13-14H,11-12H2,1-3H3,(H,25,28)/t14-/m1/s1. The van der Waals surface area contributed by atoms with Crippen LogP contribution in [0.25, 0.3) is 0 Å².